The van der Waals surface area contributed by atoms with Gasteiger partial charge in [0, 0.05) is 19.6 Å². The summed E-state index contributed by atoms with van der Waals surface area (Å²) in [6.07, 6.45) is 2.18. The average molecular weight is 422 g/mol. The Kier molecular flexibility index (Phi) is 5.14. The Morgan fingerprint density at radius 2 is 2.17 bits per heavy atom. The van der Waals surface area contributed by atoms with Crippen LogP contribution < -0.4 is 10.5 Å². The van der Waals surface area contributed by atoms with Crippen LogP contribution in [0.2, 0.25) is 5.15 Å². The number of rotatable bonds is 5. The lowest BCUT2D eigenvalue weighted by Crippen LogP contribution is -2.38. The zero-order chi connectivity index (χ0) is 20.5. The SMILES string of the molecule is CCn1c(-c2nonc2N)nc2c(Cl)ncc(OCC3CCN(C(=O)O)CC3)c21. The maximum Gasteiger partial charge on any atom is 0.407 e. The van der Waals surface area contributed by atoms with E-state index >= 15 is 0 Å². The number of amides is 1. The first-order valence-corrected chi connectivity index (χ1v) is 9.61. The van der Waals surface area contributed by atoms with Crippen molar-refractivity contribution in [1.29, 1.82) is 0 Å². The minimum Gasteiger partial charge on any atom is -0.489 e. The lowest BCUT2D eigenvalue weighted by molar-refractivity contribution is 0.112. The topological polar surface area (TPSA) is 145 Å². The fraction of sp³-hybridized carbons (Fsp3) is 0.471. The van der Waals surface area contributed by atoms with Gasteiger partial charge in [0.15, 0.2) is 28.2 Å². The van der Waals surface area contributed by atoms with E-state index in [0.29, 0.717) is 54.5 Å². The van der Waals surface area contributed by atoms with E-state index in [-0.39, 0.29) is 16.9 Å². The molecule has 0 aromatic carbocycles. The van der Waals surface area contributed by atoms with Crippen LogP contribution in [0.25, 0.3) is 22.6 Å². The number of ether oxygens (including phenoxy) is 1. The highest BCUT2D eigenvalue weighted by atomic mass is 35.5. The molecule has 0 unspecified atom stereocenters. The molecule has 3 aromatic rings. The highest BCUT2D eigenvalue weighted by molar-refractivity contribution is 6.34. The maximum atomic E-state index is 11.1. The lowest BCUT2D eigenvalue weighted by Gasteiger charge is -2.29. The number of likely N-dealkylation sites (tertiary alicyclic amines) is 1. The summed E-state index contributed by atoms with van der Waals surface area (Å²) in [6.45, 7) is 3.98. The van der Waals surface area contributed by atoms with Gasteiger partial charge in [-0.25, -0.2) is 19.4 Å². The maximum absolute atomic E-state index is 11.1. The van der Waals surface area contributed by atoms with E-state index in [1.807, 2.05) is 11.5 Å². The van der Waals surface area contributed by atoms with Crippen molar-refractivity contribution in [1.82, 2.24) is 29.7 Å². The van der Waals surface area contributed by atoms with Crippen molar-refractivity contribution in [3.8, 4) is 17.3 Å². The summed E-state index contributed by atoms with van der Waals surface area (Å²) in [7, 11) is 0. The molecule has 0 radical (unpaired) electrons. The zero-order valence-corrected chi connectivity index (χ0v) is 16.5. The largest absolute Gasteiger partial charge is 0.489 e. The van der Waals surface area contributed by atoms with E-state index in [9.17, 15) is 4.79 Å². The highest BCUT2D eigenvalue weighted by Gasteiger charge is 2.25. The summed E-state index contributed by atoms with van der Waals surface area (Å²) in [5.41, 5.74) is 7.33. The van der Waals surface area contributed by atoms with E-state index in [2.05, 4.69) is 20.3 Å². The first-order valence-electron chi connectivity index (χ1n) is 9.23. The van der Waals surface area contributed by atoms with E-state index in [1.54, 1.807) is 6.20 Å². The molecule has 154 valence electrons. The second kappa shape index (κ2) is 7.74. The molecule has 1 aliphatic heterocycles. The van der Waals surface area contributed by atoms with E-state index < -0.39 is 6.09 Å². The van der Waals surface area contributed by atoms with E-state index in [4.69, 9.17) is 31.8 Å². The average Bonchev–Trinajstić information content (AvgIpc) is 3.31. The first kappa shape index (κ1) is 19.2. The number of anilines is 1. The molecule has 1 aliphatic rings. The zero-order valence-electron chi connectivity index (χ0n) is 15.7. The van der Waals surface area contributed by atoms with Crippen LogP contribution in [-0.4, -0.2) is 60.6 Å². The van der Waals surface area contributed by atoms with E-state index in [1.165, 1.54) is 4.90 Å². The number of halogens is 1. The summed E-state index contributed by atoms with van der Waals surface area (Å²) in [5, 5.41) is 16.8. The third-order valence-corrected chi connectivity index (χ3v) is 5.37. The molecule has 12 heteroatoms. The number of nitrogens with two attached hydrogens (primary N) is 1. The Morgan fingerprint density at radius 1 is 1.41 bits per heavy atom. The number of nitrogens with zero attached hydrogens (tertiary/aromatic N) is 6. The van der Waals surface area contributed by atoms with Crippen LogP contribution in [0.5, 0.6) is 5.75 Å². The van der Waals surface area contributed by atoms with Gasteiger partial charge in [0.25, 0.3) is 0 Å². The summed E-state index contributed by atoms with van der Waals surface area (Å²) in [4.78, 5) is 21.2. The van der Waals surface area contributed by atoms with Crippen LogP contribution in [0.15, 0.2) is 10.8 Å². The monoisotopic (exact) mass is 421 g/mol. The number of aromatic nitrogens is 5. The molecule has 3 aromatic heterocycles. The van der Waals surface area contributed by atoms with Gasteiger partial charge in [-0.15, -0.1) is 0 Å². The van der Waals surface area contributed by atoms with E-state index in [0.717, 1.165) is 12.8 Å². The number of pyridine rings is 1. The second-order valence-electron chi connectivity index (χ2n) is 6.81. The molecular formula is C17H20ClN7O4. The number of fused-ring (bicyclic) bond motifs is 1. The number of aryl methyl sites for hydroxylation is 1. The normalized spacial score (nSPS) is 15.2. The number of hydrogen-bond donors (Lipinski definition) is 2. The Balaban J connectivity index is 1.62. The van der Waals surface area contributed by atoms with Crippen LogP contribution >= 0.6 is 11.6 Å². The van der Waals surface area contributed by atoms with Crippen molar-refractivity contribution in [2.75, 3.05) is 25.4 Å². The highest BCUT2D eigenvalue weighted by Crippen LogP contribution is 2.35. The Hall–Kier alpha value is -3.08. The second-order valence-corrected chi connectivity index (χ2v) is 7.17. The molecule has 1 fully saturated rings. The number of imidazole rings is 1. The molecular weight excluding hydrogens is 402 g/mol. The number of carboxylic acid groups (broad SMARTS) is 1. The Morgan fingerprint density at radius 3 is 2.79 bits per heavy atom. The van der Waals surface area contributed by atoms with Gasteiger partial charge in [0.05, 0.1) is 12.8 Å². The van der Waals surface area contributed by atoms with Crippen molar-refractivity contribution >= 4 is 34.5 Å². The van der Waals surface area contributed by atoms with Gasteiger partial charge in [-0.2, -0.15) is 0 Å². The molecule has 4 heterocycles. The molecule has 0 bridgehead atoms. The summed E-state index contributed by atoms with van der Waals surface area (Å²) >= 11 is 6.27. The van der Waals surface area contributed by atoms with Gasteiger partial charge >= 0.3 is 6.09 Å². The smallest absolute Gasteiger partial charge is 0.407 e. The fourth-order valence-corrected chi connectivity index (χ4v) is 3.71. The summed E-state index contributed by atoms with van der Waals surface area (Å²) < 4.78 is 12.7. The van der Waals surface area contributed by atoms with Crippen LogP contribution in [0.1, 0.15) is 19.8 Å². The van der Waals surface area contributed by atoms with Gasteiger partial charge in [0.1, 0.15) is 11.0 Å². The first-order chi connectivity index (χ1) is 14.0. The predicted molar refractivity (Wildman–Crippen MR) is 104 cm³/mol. The quantitative estimate of drug-likeness (QED) is 0.593. The molecule has 4 rings (SSSR count). The van der Waals surface area contributed by atoms with Gasteiger partial charge in [-0.1, -0.05) is 11.6 Å². The van der Waals surface area contributed by atoms with Crippen molar-refractivity contribution in [2.24, 2.45) is 5.92 Å². The van der Waals surface area contributed by atoms with Gasteiger partial charge in [0.2, 0.25) is 0 Å². The van der Waals surface area contributed by atoms with Crippen LogP contribution in [0.4, 0.5) is 10.6 Å². The summed E-state index contributed by atoms with van der Waals surface area (Å²) in [6, 6.07) is 0. The minimum absolute atomic E-state index is 0.131. The van der Waals surface area contributed by atoms with Crippen molar-refractivity contribution < 1.29 is 19.3 Å². The molecule has 29 heavy (non-hydrogen) atoms. The van der Waals surface area contributed by atoms with Gasteiger partial charge < -0.3 is 25.0 Å². The van der Waals surface area contributed by atoms with Crippen LogP contribution in [-0.2, 0) is 6.54 Å². The van der Waals surface area contributed by atoms with Crippen LogP contribution in [0.3, 0.4) is 0 Å². The number of hydrogen-bond acceptors (Lipinski definition) is 8. The Labute approximate surface area is 170 Å². The molecule has 0 atom stereocenters. The molecule has 1 saturated heterocycles. The third-order valence-electron chi connectivity index (χ3n) is 5.09. The predicted octanol–water partition coefficient (Wildman–Crippen LogP) is 2.51. The molecule has 0 aliphatic carbocycles. The summed E-state index contributed by atoms with van der Waals surface area (Å²) in [5.74, 6) is 1.40. The molecule has 1 amide bonds. The molecule has 11 nitrogen and oxygen atoms in total. The number of carbonyl (C=O) groups is 1. The Bertz CT molecular complexity index is 1040. The van der Waals surface area contributed by atoms with Gasteiger partial charge in [-0.3, -0.25) is 0 Å². The fourth-order valence-electron chi connectivity index (χ4n) is 3.53. The molecule has 0 spiro atoms. The van der Waals surface area contributed by atoms with Crippen molar-refractivity contribution in [2.45, 2.75) is 26.3 Å². The van der Waals surface area contributed by atoms with Gasteiger partial charge in [-0.05, 0) is 36.0 Å². The standard InChI is InChI=1S/C17H20ClN7O4/c1-2-25-13-10(28-8-9-3-5-24(6-4-9)17(26)27)7-20-14(18)11(13)21-16(25)12-15(19)23-29-22-12/h7,9H,2-6,8H2,1H3,(H2,19,23)(H,26,27). The minimum atomic E-state index is -0.881. The number of piperidine rings is 1. The molecule has 3 N–H and O–H groups in total. The van der Waals surface area contributed by atoms with Crippen LogP contribution in [0, 0.1) is 5.92 Å². The van der Waals surface area contributed by atoms with Crippen molar-refractivity contribution in [3.63, 3.8) is 0 Å². The van der Waals surface area contributed by atoms with Crippen molar-refractivity contribution in [3.05, 3.63) is 11.3 Å². The third kappa shape index (κ3) is 3.53. The number of nitrogen functional groups attached to an aromatic ring is 1. The molecule has 0 saturated carbocycles. The lowest BCUT2D eigenvalue weighted by atomic mass is 9.98.